The Kier molecular flexibility index (Phi) is 5.02. The zero-order chi connectivity index (χ0) is 13.8. The van der Waals surface area contributed by atoms with E-state index in [9.17, 15) is 0 Å². The minimum Gasteiger partial charge on any atom is -0.483 e. The lowest BCUT2D eigenvalue weighted by atomic mass is 10.0. The molecule has 4 heteroatoms. The van der Waals surface area contributed by atoms with Gasteiger partial charge in [0.05, 0.1) is 4.47 Å². The minimum atomic E-state index is -0.174. The van der Waals surface area contributed by atoms with Crippen molar-refractivity contribution in [3.05, 3.63) is 63.0 Å². The van der Waals surface area contributed by atoms with Gasteiger partial charge in [-0.05, 0) is 52.7 Å². The van der Waals surface area contributed by atoms with Gasteiger partial charge in [0, 0.05) is 10.5 Å². The summed E-state index contributed by atoms with van der Waals surface area (Å²) in [7, 11) is 0. The quantitative estimate of drug-likeness (QED) is 0.830. The molecule has 2 rings (SSSR count). The Morgan fingerprint density at radius 2 is 1.63 bits per heavy atom. The van der Waals surface area contributed by atoms with E-state index in [4.69, 9.17) is 10.5 Å². The van der Waals surface area contributed by atoms with Gasteiger partial charge in [-0.3, -0.25) is 0 Å². The third-order valence-electron chi connectivity index (χ3n) is 2.77. The normalized spacial score (nSPS) is 13.9. The first-order chi connectivity index (χ1) is 9.08. The number of benzene rings is 2. The van der Waals surface area contributed by atoms with Crippen LogP contribution in [0.2, 0.25) is 0 Å². The van der Waals surface area contributed by atoms with E-state index in [1.807, 2.05) is 55.5 Å². The van der Waals surface area contributed by atoms with Crippen molar-refractivity contribution in [3.63, 3.8) is 0 Å². The van der Waals surface area contributed by atoms with Crippen LogP contribution in [0.4, 0.5) is 0 Å². The Labute approximate surface area is 130 Å². The van der Waals surface area contributed by atoms with E-state index >= 15 is 0 Å². The average molecular weight is 385 g/mol. The summed E-state index contributed by atoms with van der Waals surface area (Å²) in [6.45, 7) is 1.95. The second kappa shape index (κ2) is 6.55. The highest BCUT2D eigenvalue weighted by Crippen LogP contribution is 2.30. The number of nitrogens with two attached hydrogens (primary N) is 1. The van der Waals surface area contributed by atoms with Gasteiger partial charge in [0.2, 0.25) is 0 Å². The predicted octanol–water partition coefficient (Wildman–Crippen LogP) is 4.68. The summed E-state index contributed by atoms with van der Waals surface area (Å²) in [4.78, 5) is 0. The summed E-state index contributed by atoms with van der Waals surface area (Å²) in [5.74, 6) is 0.799. The monoisotopic (exact) mass is 383 g/mol. The largest absolute Gasteiger partial charge is 0.483 e. The van der Waals surface area contributed by atoms with Crippen LogP contribution < -0.4 is 10.5 Å². The van der Waals surface area contributed by atoms with Crippen LogP contribution in [0.3, 0.4) is 0 Å². The lowest BCUT2D eigenvalue weighted by Gasteiger charge is -2.23. The second-order valence-electron chi connectivity index (χ2n) is 4.38. The van der Waals surface area contributed by atoms with Crippen LogP contribution in [0.15, 0.2) is 57.5 Å². The van der Waals surface area contributed by atoms with Crippen molar-refractivity contribution in [1.29, 1.82) is 0 Å². The fraction of sp³-hybridized carbons (Fsp3) is 0.200. The third-order valence-corrected chi connectivity index (χ3v) is 3.95. The van der Waals surface area contributed by atoms with Crippen molar-refractivity contribution in [2.45, 2.75) is 19.1 Å². The van der Waals surface area contributed by atoms with E-state index in [0.717, 1.165) is 20.3 Å². The Morgan fingerprint density at radius 3 is 2.21 bits per heavy atom. The number of halogens is 2. The highest BCUT2D eigenvalue weighted by atomic mass is 79.9. The molecule has 0 aromatic heterocycles. The Balaban J connectivity index is 2.26. The van der Waals surface area contributed by atoms with Crippen LogP contribution in [0.25, 0.3) is 0 Å². The Hall–Kier alpha value is -0.840. The molecule has 0 spiro atoms. The molecular formula is C15H15Br2NO. The number of para-hydroxylation sites is 1. The van der Waals surface area contributed by atoms with Crippen molar-refractivity contribution >= 4 is 31.9 Å². The fourth-order valence-electron chi connectivity index (χ4n) is 1.81. The molecule has 2 nitrogen and oxygen atoms in total. The summed E-state index contributed by atoms with van der Waals surface area (Å²) in [5.41, 5.74) is 7.12. The third kappa shape index (κ3) is 3.81. The lowest BCUT2D eigenvalue weighted by molar-refractivity contribution is 0.179. The summed E-state index contributed by atoms with van der Waals surface area (Å²) in [6, 6.07) is 15.7. The smallest absolute Gasteiger partial charge is 0.139 e. The van der Waals surface area contributed by atoms with E-state index < -0.39 is 0 Å². The molecule has 2 N–H and O–H groups in total. The lowest BCUT2D eigenvalue weighted by Crippen LogP contribution is -2.29. The first-order valence-corrected chi connectivity index (χ1v) is 7.59. The summed E-state index contributed by atoms with van der Waals surface area (Å²) in [5, 5.41) is 0. The first kappa shape index (κ1) is 14.6. The van der Waals surface area contributed by atoms with Gasteiger partial charge in [-0.25, -0.2) is 0 Å². The van der Waals surface area contributed by atoms with Crippen LogP contribution in [0, 0.1) is 0 Å². The van der Waals surface area contributed by atoms with Crippen molar-refractivity contribution in [1.82, 2.24) is 0 Å². The molecule has 0 bridgehead atoms. The molecule has 19 heavy (non-hydrogen) atoms. The SMILES string of the molecule is CC(N)C(Oc1ccccc1Br)c1ccc(Br)cc1. The molecule has 0 aliphatic heterocycles. The number of ether oxygens (including phenoxy) is 1. The van der Waals surface area contributed by atoms with Gasteiger partial charge in [0.1, 0.15) is 11.9 Å². The highest BCUT2D eigenvalue weighted by Gasteiger charge is 2.19. The molecule has 0 fully saturated rings. The van der Waals surface area contributed by atoms with Crippen LogP contribution in [0.1, 0.15) is 18.6 Å². The molecule has 0 radical (unpaired) electrons. The summed E-state index contributed by atoms with van der Waals surface area (Å²) >= 11 is 6.92. The van der Waals surface area contributed by atoms with Gasteiger partial charge in [-0.1, -0.05) is 40.2 Å². The van der Waals surface area contributed by atoms with Gasteiger partial charge in [0.25, 0.3) is 0 Å². The maximum atomic E-state index is 6.05. The van der Waals surface area contributed by atoms with Crippen LogP contribution >= 0.6 is 31.9 Å². The molecule has 0 amide bonds. The van der Waals surface area contributed by atoms with E-state index in [1.165, 1.54) is 0 Å². The second-order valence-corrected chi connectivity index (χ2v) is 6.15. The van der Waals surface area contributed by atoms with E-state index in [-0.39, 0.29) is 12.1 Å². The van der Waals surface area contributed by atoms with E-state index in [1.54, 1.807) is 0 Å². The van der Waals surface area contributed by atoms with Crippen molar-refractivity contribution < 1.29 is 4.74 Å². The van der Waals surface area contributed by atoms with Crippen LogP contribution in [-0.2, 0) is 0 Å². The number of rotatable bonds is 4. The summed E-state index contributed by atoms with van der Waals surface area (Å²) < 4.78 is 8.02. The summed E-state index contributed by atoms with van der Waals surface area (Å²) in [6.07, 6.45) is -0.174. The molecule has 0 heterocycles. The molecule has 0 saturated heterocycles. The van der Waals surface area contributed by atoms with Gasteiger partial charge >= 0.3 is 0 Å². The highest BCUT2D eigenvalue weighted by molar-refractivity contribution is 9.10. The Bertz CT molecular complexity index is 540. The molecule has 0 saturated carbocycles. The Morgan fingerprint density at radius 1 is 1.00 bits per heavy atom. The van der Waals surface area contributed by atoms with E-state index in [0.29, 0.717) is 0 Å². The van der Waals surface area contributed by atoms with Crippen molar-refractivity contribution in [2.75, 3.05) is 0 Å². The van der Waals surface area contributed by atoms with Crippen LogP contribution in [-0.4, -0.2) is 6.04 Å². The molecule has 2 aromatic carbocycles. The van der Waals surface area contributed by atoms with Crippen molar-refractivity contribution in [2.24, 2.45) is 5.73 Å². The van der Waals surface area contributed by atoms with Gasteiger partial charge in [-0.2, -0.15) is 0 Å². The fourth-order valence-corrected chi connectivity index (χ4v) is 2.45. The maximum Gasteiger partial charge on any atom is 0.139 e. The maximum absolute atomic E-state index is 6.05. The zero-order valence-corrected chi connectivity index (χ0v) is 13.7. The molecule has 0 aliphatic rings. The number of hydrogen-bond acceptors (Lipinski definition) is 2. The van der Waals surface area contributed by atoms with Gasteiger partial charge < -0.3 is 10.5 Å². The predicted molar refractivity (Wildman–Crippen MR) is 85.3 cm³/mol. The molecule has 0 aliphatic carbocycles. The molecular weight excluding hydrogens is 370 g/mol. The van der Waals surface area contributed by atoms with Gasteiger partial charge in [-0.15, -0.1) is 0 Å². The molecule has 2 atom stereocenters. The zero-order valence-electron chi connectivity index (χ0n) is 10.5. The molecule has 100 valence electrons. The van der Waals surface area contributed by atoms with Gasteiger partial charge in [0.15, 0.2) is 0 Å². The topological polar surface area (TPSA) is 35.2 Å². The molecule has 2 unspecified atom stereocenters. The average Bonchev–Trinajstić information content (AvgIpc) is 2.39. The minimum absolute atomic E-state index is 0.103. The number of hydrogen-bond donors (Lipinski definition) is 1. The van der Waals surface area contributed by atoms with Crippen molar-refractivity contribution in [3.8, 4) is 5.75 Å². The van der Waals surface area contributed by atoms with E-state index in [2.05, 4.69) is 31.9 Å². The van der Waals surface area contributed by atoms with Crippen LogP contribution in [0.5, 0.6) is 5.75 Å². The first-order valence-electron chi connectivity index (χ1n) is 6.00. The molecule has 2 aromatic rings. The standard InChI is InChI=1S/C15H15Br2NO/c1-10(18)15(11-6-8-12(16)9-7-11)19-14-5-3-2-4-13(14)17/h2-10,15H,18H2,1H3.